The van der Waals surface area contributed by atoms with Crippen molar-refractivity contribution in [1.29, 1.82) is 0 Å². The molecule has 1 N–H and O–H groups in total. The van der Waals surface area contributed by atoms with Gasteiger partial charge in [-0.2, -0.15) is 4.98 Å². The van der Waals surface area contributed by atoms with E-state index in [0.29, 0.717) is 35.3 Å². The Bertz CT molecular complexity index is 441. The quantitative estimate of drug-likeness (QED) is 0.907. The van der Waals surface area contributed by atoms with Crippen LogP contribution in [0.4, 0.5) is 5.95 Å². The van der Waals surface area contributed by atoms with Crippen LogP contribution in [0.2, 0.25) is 0 Å². The van der Waals surface area contributed by atoms with Crippen molar-refractivity contribution in [2.75, 3.05) is 11.9 Å². The van der Waals surface area contributed by atoms with Crippen molar-refractivity contribution in [2.45, 2.75) is 59.9 Å². The Morgan fingerprint density at radius 2 is 1.90 bits per heavy atom. The van der Waals surface area contributed by atoms with Gasteiger partial charge in [-0.25, -0.2) is 4.98 Å². The van der Waals surface area contributed by atoms with E-state index in [4.69, 9.17) is 4.74 Å². The van der Waals surface area contributed by atoms with Gasteiger partial charge in [0.2, 0.25) is 11.8 Å². The smallest absolute Gasteiger partial charge is 0.226 e. The minimum atomic E-state index is 0.358. The lowest BCUT2D eigenvalue weighted by Crippen LogP contribution is -2.40. The number of nitrogens with one attached hydrogen (secondary N) is 1. The largest absolute Gasteiger partial charge is 0.478 e. The monoisotopic (exact) mass is 277 g/mol. The first kappa shape index (κ1) is 15.1. The first-order valence-electron chi connectivity index (χ1n) is 7.52. The molecule has 0 atom stereocenters. The molecular formula is C16H27N3O. The normalized spacial score (nSPS) is 21.4. The van der Waals surface area contributed by atoms with Gasteiger partial charge in [0.05, 0.1) is 6.61 Å². The topological polar surface area (TPSA) is 47.0 Å². The zero-order valence-corrected chi connectivity index (χ0v) is 13.4. The summed E-state index contributed by atoms with van der Waals surface area (Å²) in [6.45, 7) is 12.0. The molecule has 0 amide bonds. The summed E-state index contributed by atoms with van der Waals surface area (Å²) >= 11 is 0. The molecule has 0 radical (unpaired) electrons. The van der Waals surface area contributed by atoms with E-state index in [9.17, 15) is 0 Å². The Morgan fingerprint density at radius 1 is 1.25 bits per heavy atom. The lowest BCUT2D eigenvalue weighted by Gasteiger charge is -2.45. The molecule has 4 nitrogen and oxygen atoms in total. The van der Waals surface area contributed by atoms with E-state index < -0.39 is 0 Å². The highest BCUT2D eigenvalue weighted by molar-refractivity contribution is 5.29. The maximum Gasteiger partial charge on any atom is 0.226 e. The van der Waals surface area contributed by atoms with Gasteiger partial charge in [0, 0.05) is 18.3 Å². The van der Waals surface area contributed by atoms with Crippen molar-refractivity contribution >= 4 is 5.95 Å². The van der Waals surface area contributed by atoms with Crippen molar-refractivity contribution in [3.05, 3.63) is 12.3 Å². The molecule has 1 fully saturated rings. The Hall–Kier alpha value is -1.32. The van der Waals surface area contributed by atoms with Gasteiger partial charge in [-0.3, -0.25) is 0 Å². The Labute approximate surface area is 122 Å². The van der Waals surface area contributed by atoms with E-state index in [2.05, 4.69) is 43.0 Å². The molecule has 2 rings (SSSR count). The highest BCUT2D eigenvalue weighted by Gasteiger charge is 2.38. The van der Waals surface area contributed by atoms with Crippen molar-refractivity contribution in [2.24, 2.45) is 10.8 Å². The van der Waals surface area contributed by atoms with Gasteiger partial charge in [-0.05, 0) is 37.0 Å². The number of hydrogen-bond acceptors (Lipinski definition) is 4. The Morgan fingerprint density at radius 3 is 2.50 bits per heavy atom. The molecule has 20 heavy (non-hydrogen) atoms. The van der Waals surface area contributed by atoms with Gasteiger partial charge in [-0.1, -0.05) is 27.7 Å². The first-order chi connectivity index (χ1) is 9.30. The average Bonchev–Trinajstić information content (AvgIpc) is 2.25. The number of ether oxygens (including phenoxy) is 1. The third kappa shape index (κ3) is 4.09. The van der Waals surface area contributed by atoms with Gasteiger partial charge in [0.1, 0.15) is 0 Å². The van der Waals surface area contributed by atoms with Crippen LogP contribution in [-0.2, 0) is 0 Å². The van der Waals surface area contributed by atoms with Gasteiger partial charge < -0.3 is 10.1 Å². The summed E-state index contributed by atoms with van der Waals surface area (Å²) in [7, 11) is 0. The number of aromatic nitrogens is 2. The van der Waals surface area contributed by atoms with Crippen LogP contribution in [0.15, 0.2) is 12.3 Å². The Kier molecular flexibility index (Phi) is 4.21. The summed E-state index contributed by atoms with van der Waals surface area (Å²) in [4.78, 5) is 8.72. The van der Waals surface area contributed by atoms with Crippen molar-refractivity contribution in [3.63, 3.8) is 0 Å². The van der Waals surface area contributed by atoms with Gasteiger partial charge in [-0.15, -0.1) is 0 Å². The maximum atomic E-state index is 5.43. The van der Waals surface area contributed by atoms with E-state index in [-0.39, 0.29) is 0 Å². The van der Waals surface area contributed by atoms with Crippen LogP contribution in [0.1, 0.15) is 53.9 Å². The minimum absolute atomic E-state index is 0.358. The highest BCUT2D eigenvalue weighted by Crippen LogP contribution is 2.46. The molecule has 0 spiro atoms. The van der Waals surface area contributed by atoms with Gasteiger partial charge in [0.15, 0.2) is 0 Å². The second kappa shape index (κ2) is 5.58. The van der Waals surface area contributed by atoms with Crippen molar-refractivity contribution in [3.8, 4) is 5.88 Å². The van der Waals surface area contributed by atoms with Crippen LogP contribution in [0.3, 0.4) is 0 Å². The number of rotatable bonds is 4. The molecule has 1 saturated carbocycles. The van der Waals surface area contributed by atoms with Crippen LogP contribution >= 0.6 is 0 Å². The first-order valence-corrected chi connectivity index (χ1v) is 7.52. The van der Waals surface area contributed by atoms with Crippen LogP contribution < -0.4 is 10.1 Å². The minimum Gasteiger partial charge on any atom is -0.478 e. The fourth-order valence-corrected chi connectivity index (χ4v) is 3.77. The molecular weight excluding hydrogens is 250 g/mol. The summed E-state index contributed by atoms with van der Waals surface area (Å²) in [6.07, 6.45) is 5.31. The molecule has 0 aliphatic heterocycles. The summed E-state index contributed by atoms with van der Waals surface area (Å²) in [6, 6.07) is 2.22. The molecule has 0 bridgehead atoms. The molecule has 1 aromatic rings. The zero-order chi connectivity index (χ0) is 14.8. The third-order valence-electron chi connectivity index (χ3n) is 3.81. The van der Waals surface area contributed by atoms with E-state index in [1.807, 2.05) is 6.92 Å². The molecule has 1 aliphatic rings. The third-order valence-corrected chi connectivity index (χ3v) is 3.81. The van der Waals surface area contributed by atoms with Crippen LogP contribution in [0.5, 0.6) is 5.88 Å². The fourth-order valence-electron chi connectivity index (χ4n) is 3.77. The molecule has 0 saturated heterocycles. The second-order valence-corrected chi connectivity index (χ2v) is 7.41. The van der Waals surface area contributed by atoms with Crippen LogP contribution in [0.25, 0.3) is 0 Å². The molecule has 1 heterocycles. The molecule has 0 aromatic carbocycles. The van der Waals surface area contributed by atoms with Crippen LogP contribution in [0, 0.1) is 10.8 Å². The molecule has 4 heteroatoms. The molecule has 0 unspecified atom stereocenters. The molecule has 1 aromatic heterocycles. The number of hydrogen-bond donors (Lipinski definition) is 1. The lowest BCUT2D eigenvalue weighted by molar-refractivity contribution is 0.105. The summed E-state index contributed by atoms with van der Waals surface area (Å²) in [5, 5.41) is 3.49. The predicted octanol–water partition coefficient (Wildman–Crippen LogP) is 3.89. The lowest BCUT2D eigenvalue weighted by atomic mass is 9.63. The van der Waals surface area contributed by atoms with Gasteiger partial charge >= 0.3 is 0 Å². The van der Waals surface area contributed by atoms with Crippen molar-refractivity contribution < 1.29 is 4.74 Å². The fraction of sp³-hybridized carbons (Fsp3) is 0.750. The SMILES string of the molecule is CCOc1ccnc(NC2CC(C)(C)CC(C)(C)C2)n1. The van der Waals surface area contributed by atoms with Crippen molar-refractivity contribution in [1.82, 2.24) is 9.97 Å². The summed E-state index contributed by atoms with van der Waals surface area (Å²) in [5.41, 5.74) is 0.716. The highest BCUT2D eigenvalue weighted by atomic mass is 16.5. The standard InChI is InChI=1S/C16H27N3O/c1-6-20-13-7-8-17-14(19-13)18-12-9-15(2,3)11-16(4,5)10-12/h7-8,12H,6,9-11H2,1-5H3,(H,17,18,19). The Balaban J connectivity index is 2.07. The molecule has 1 aliphatic carbocycles. The maximum absolute atomic E-state index is 5.43. The predicted molar refractivity (Wildman–Crippen MR) is 82.0 cm³/mol. The van der Waals surface area contributed by atoms with E-state index in [1.165, 1.54) is 6.42 Å². The summed E-state index contributed by atoms with van der Waals surface area (Å²) < 4.78 is 5.43. The molecule has 112 valence electrons. The number of nitrogens with zero attached hydrogens (tertiary/aromatic N) is 2. The van der Waals surface area contributed by atoms with E-state index in [0.717, 1.165) is 12.8 Å². The summed E-state index contributed by atoms with van der Waals surface area (Å²) in [5.74, 6) is 1.31. The number of anilines is 1. The van der Waals surface area contributed by atoms with Crippen LogP contribution in [-0.4, -0.2) is 22.6 Å². The average molecular weight is 277 g/mol. The zero-order valence-electron chi connectivity index (χ0n) is 13.4. The van der Waals surface area contributed by atoms with Gasteiger partial charge in [0.25, 0.3) is 0 Å². The van der Waals surface area contributed by atoms with E-state index >= 15 is 0 Å². The van der Waals surface area contributed by atoms with E-state index in [1.54, 1.807) is 12.3 Å². The second-order valence-electron chi connectivity index (χ2n) is 7.41.